The van der Waals surface area contributed by atoms with Crippen LogP contribution in [-0.4, -0.2) is 17.0 Å². The number of carbonyl (C=O) groups is 2. The van der Waals surface area contributed by atoms with Crippen LogP contribution in [0.4, 0.5) is 0 Å². The van der Waals surface area contributed by atoms with E-state index < -0.39 is 11.9 Å². The predicted molar refractivity (Wildman–Crippen MR) is 63.6 cm³/mol. The van der Waals surface area contributed by atoms with Crippen molar-refractivity contribution in [2.24, 2.45) is 11.8 Å². The molecule has 0 heterocycles. The van der Waals surface area contributed by atoms with Crippen LogP contribution in [0, 0.1) is 11.8 Å². The third-order valence-corrected chi connectivity index (χ3v) is 3.52. The molecule has 0 radical (unpaired) electrons. The van der Waals surface area contributed by atoms with E-state index in [1.807, 2.05) is 6.07 Å². The number of para-hydroxylation sites is 1. The van der Waals surface area contributed by atoms with Gasteiger partial charge in [-0.2, -0.15) is 0 Å². The number of carboxylic acids is 1. The molecule has 0 amide bonds. The van der Waals surface area contributed by atoms with Crippen LogP contribution in [0.2, 0.25) is 0 Å². The number of hydrogen-bond donors (Lipinski definition) is 1. The number of ether oxygens (including phenoxy) is 1. The lowest BCUT2D eigenvalue weighted by molar-refractivity contribution is -0.152. The van der Waals surface area contributed by atoms with Gasteiger partial charge in [0.1, 0.15) is 5.75 Å². The molecule has 4 nitrogen and oxygen atoms in total. The van der Waals surface area contributed by atoms with Crippen LogP contribution in [0.25, 0.3) is 0 Å². The van der Waals surface area contributed by atoms with E-state index in [0.717, 1.165) is 0 Å². The van der Waals surface area contributed by atoms with E-state index in [4.69, 9.17) is 9.84 Å². The minimum Gasteiger partial charge on any atom is -0.481 e. The van der Waals surface area contributed by atoms with E-state index in [1.165, 1.54) is 0 Å². The standard InChI is InChI=1S/C12H11BrO4/c13-9-3-1-2-4-10(9)17-12(16)8-5-7(6-8)11(14)15/h1-4,7-8H,5-6H2,(H,14,15). The van der Waals surface area contributed by atoms with Crippen molar-refractivity contribution in [3.05, 3.63) is 28.7 Å². The van der Waals surface area contributed by atoms with Crippen LogP contribution in [0.15, 0.2) is 28.7 Å². The normalized spacial score (nSPS) is 22.6. The summed E-state index contributed by atoms with van der Waals surface area (Å²) >= 11 is 3.28. The maximum Gasteiger partial charge on any atom is 0.314 e. The Morgan fingerprint density at radius 2 is 1.88 bits per heavy atom. The topological polar surface area (TPSA) is 63.6 Å². The molecule has 0 unspecified atom stereocenters. The van der Waals surface area contributed by atoms with E-state index in [-0.39, 0.29) is 11.9 Å². The maximum absolute atomic E-state index is 11.7. The Morgan fingerprint density at radius 3 is 2.47 bits per heavy atom. The zero-order chi connectivity index (χ0) is 12.4. The SMILES string of the molecule is O=C(O)C1CC(C(=O)Oc2ccccc2Br)C1. The fourth-order valence-electron chi connectivity index (χ4n) is 1.73. The summed E-state index contributed by atoms with van der Waals surface area (Å²) in [6.45, 7) is 0. The molecule has 2 rings (SSSR count). The molecule has 1 aromatic carbocycles. The van der Waals surface area contributed by atoms with Gasteiger partial charge in [-0.05, 0) is 40.9 Å². The number of rotatable bonds is 3. The summed E-state index contributed by atoms with van der Waals surface area (Å²) in [5.74, 6) is -1.41. The number of aliphatic carboxylic acids is 1. The highest BCUT2D eigenvalue weighted by molar-refractivity contribution is 9.10. The van der Waals surface area contributed by atoms with Crippen LogP contribution in [0.3, 0.4) is 0 Å². The third-order valence-electron chi connectivity index (χ3n) is 2.87. The summed E-state index contributed by atoms with van der Waals surface area (Å²) in [6.07, 6.45) is 0.747. The van der Waals surface area contributed by atoms with Gasteiger partial charge in [-0.15, -0.1) is 0 Å². The number of carboxylic acid groups (broad SMARTS) is 1. The first kappa shape index (κ1) is 12.1. The quantitative estimate of drug-likeness (QED) is 0.688. The second kappa shape index (κ2) is 4.87. The number of halogens is 1. The van der Waals surface area contributed by atoms with Crippen molar-refractivity contribution in [3.63, 3.8) is 0 Å². The van der Waals surface area contributed by atoms with Crippen molar-refractivity contribution in [2.75, 3.05) is 0 Å². The molecule has 17 heavy (non-hydrogen) atoms. The van der Waals surface area contributed by atoms with Gasteiger partial charge in [0.05, 0.1) is 16.3 Å². The molecule has 0 bridgehead atoms. The van der Waals surface area contributed by atoms with Crippen molar-refractivity contribution in [1.29, 1.82) is 0 Å². The minimum absolute atomic E-state index is 0.289. The van der Waals surface area contributed by atoms with Gasteiger partial charge in [0.25, 0.3) is 0 Å². The van der Waals surface area contributed by atoms with Crippen molar-refractivity contribution in [1.82, 2.24) is 0 Å². The Bertz CT molecular complexity index is 452. The predicted octanol–water partition coefficient (Wildman–Crippen LogP) is 2.47. The molecule has 1 aliphatic rings. The lowest BCUT2D eigenvalue weighted by Gasteiger charge is -2.30. The average molecular weight is 299 g/mol. The Balaban J connectivity index is 1.91. The van der Waals surface area contributed by atoms with Crippen LogP contribution >= 0.6 is 15.9 Å². The molecule has 0 saturated heterocycles. The Labute approximate surface area is 107 Å². The van der Waals surface area contributed by atoms with Gasteiger partial charge < -0.3 is 9.84 Å². The van der Waals surface area contributed by atoms with E-state index in [1.54, 1.807) is 18.2 Å². The highest BCUT2D eigenvalue weighted by Crippen LogP contribution is 2.35. The fraction of sp³-hybridized carbons (Fsp3) is 0.333. The van der Waals surface area contributed by atoms with Crippen LogP contribution in [0.5, 0.6) is 5.75 Å². The maximum atomic E-state index is 11.7. The average Bonchev–Trinajstić information content (AvgIpc) is 2.18. The number of carbonyl (C=O) groups excluding carboxylic acids is 1. The first-order chi connectivity index (χ1) is 8.08. The van der Waals surface area contributed by atoms with E-state index in [2.05, 4.69) is 15.9 Å². The molecule has 1 aliphatic carbocycles. The van der Waals surface area contributed by atoms with Crippen molar-refractivity contribution in [2.45, 2.75) is 12.8 Å². The molecule has 1 N–H and O–H groups in total. The molecule has 0 spiro atoms. The third kappa shape index (κ3) is 2.66. The number of hydrogen-bond acceptors (Lipinski definition) is 3. The second-order valence-electron chi connectivity index (χ2n) is 4.06. The zero-order valence-electron chi connectivity index (χ0n) is 8.93. The van der Waals surface area contributed by atoms with Gasteiger partial charge in [-0.3, -0.25) is 9.59 Å². The lowest BCUT2D eigenvalue weighted by Crippen LogP contribution is -2.37. The Hall–Kier alpha value is -1.36. The summed E-state index contributed by atoms with van der Waals surface area (Å²) in [5, 5.41) is 8.71. The molecule has 1 aromatic rings. The zero-order valence-corrected chi connectivity index (χ0v) is 10.5. The van der Waals surface area contributed by atoms with Crippen molar-refractivity contribution in [3.8, 4) is 5.75 Å². The molecule has 0 aromatic heterocycles. The molecular formula is C12H11BrO4. The number of benzene rings is 1. The van der Waals surface area contributed by atoms with Gasteiger partial charge in [-0.1, -0.05) is 12.1 Å². The molecule has 1 fully saturated rings. The molecule has 90 valence electrons. The molecule has 5 heteroatoms. The summed E-state index contributed by atoms with van der Waals surface area (Å²) in [4.78, 5) is 22.3. The molecular weight excluding hydrogens is 288 g/mol. The summed E-state index contributed by atoms with van der Waals surface area (Å²) in [6, 6.07) is 7.07. The van der Waals surface area contributed by atoms with E-state index in [9.17, 15) is 9.59 Å². The first-order valence-electron chi connectivity index (χ1n) is 5.27. The molecule has 0 aliphatic heterocycles. The van der Waals surface area contributed by atoms with Gasteiger partial charge in [0.15, 0.2) is 0 Å². The van der Waals surface area contributed by atoms with E-state index in [0.29, 0.717) is 23.1 Å². The second-order valence-corrected chi connectivity index (χ2v) is 4.91. The van der Waals surface area contributed by atoms with Gasteiger partial charge in [0.2, 0.25) is 0 Å². The van der Waals surface area contributed by atoms with Crippen molar-refractivity contribution < 1.29 is 19.4 Å². The Morgan fingerprint density at radius 1 is 1.24 bits per heavy atom. The monoisotopic (exact) mass is 298 g/mol. The van der Waals surface area contributed by atoms with Gasteiger partial charge >= 0.3 is 11.9 Å². The molecule has 0 atom stereocenters. The van der Waals surface area contributed by atoms with E-state index >= 15 is 0 Å². The fourth-order valence-corrected chi connectivity index (χ4v) is 2.10. The van der Waals surface area contributed by atoms with Crippen LogP contribution < -0.4 is 4.74 Å². The smallest absolute Gasteiger partial charge is 0.314 e. The van der Waals surface area contributed by atoms with Crippen LogP contribution in [0.1, 0.15) is 12.8 Å². The summed E-state index contributed by atoms with van der Waals surface area (Å²) in [5.41, 5.74) is 0. The van der Waals surface area contributed by atoms with Crippen molar-refractivity contribution >= 4 is 27.9 Å². The summed E-state index contributed by atoms with van der Waals surface area (Å²) < 4.78 is 5.91. The minimum atomic E-state index is -0.838. The Kier molecular flexibility index (Phi) is 3.47. The lowest BCUT2D eigenvalue weighted by atomic mass is 9.75. The summed E-state index contributed by atoms with van der Waals surface area (Å²) in [7, 11) is 0. The first-order valence-corrected chi connectivity index (χ1v) is 6.06. The number of esters is 1. The van der Waals surface area contributed by atoms with Gasteiger partial charge in [0, 0.05) is 0 Å². The largest absolute Gasteiger partial charge is 0.481 e. The highest BCUT2D eigenvalue weighted by atomic mass is 79.9. The van der Waals surface area contributed by atoms with Crippen LogP contribution in [-0.2, 0) is 9.59 Å². The molecule has 1 saturated carbocycles. The highest BCUT2D eigenvalue weighted by Gasteiger charge is 2.40. The van der Waals surface area contributed by atoms with Gasteiger partial charge in [-0.25, -0.2) is 0 Å².